The van der Waals surface area contributed by atoms with Crippen LogP contribution in [0.5, 0.6) is 0 Å². The summed E-state index contributed by atoms with van der Waals surface area (Å²) in [6.45, 7) is 0.725. The lowest BCUT2D eigenvalue weighted by Crippen LogP contribution is -2.45. The fourth-order valence-corrected chi connectivity index (χ4v) is 2.43. The molecule has 0 saturated heterocycles. The van der Waals surface area contributed by atoms with E-state index >= 15 is 0 Å². The molecule has 0 unspecified atom stereocenters. The SMILES string of the molecule is O=C(O)OC1=CCNC12CCCCC2. The van der Waals surface area contributed by atoms with Gasteiger partial charge in [0.1, 0.15) is 5.76 Å². The van der Waals surface area contributed by atoms with E-state index in [0.29, 0.717) is 5.76 Å². The summed E-state index contributed by atoms with van der Waals surface area (Å²) in [6.07, 6.45) is 6.16. The molecule has 0 atom stereocenters. The van der Waals surface area contributed by atoms with Gasteiger partial charge < -0.3 is 15.2 Å². The summed E-state index contributed by atoms with van der Waals surface area (Å²) in [5.41, 5.74) is -0.170. The van der Waals surface area contributed by atoms with E-state index < -0.39 is 6.16 Å². The minimum absolute atomic E-state index is 0.170. The summed E-state index contributed by atoms with van der Waals surface area (Å²) in [7, 11) is 0. The van der Waals surface area contributed by atoms with Crippen molar-refractivity contribution in [2.75, 3.05) is 6.54 Å². The highest BCUT2D eigenvalue weighted by Crippen LogP contribution is 2.37. The maximum Gasteiger partial charge on any atom is 0.511 e. The summed E-state index contributed by atoms with van der Waals surface area (Å²) in [5.74, 6) is 0.615. The van der Waals surface area contributed by atoms with Crippen LogP contribution in [0, 0.1) is 0 Å². The van der Waals surface area contributed by atoms with E-state index in [1.54, 1.807) is 0 Å². The average molecular weight is 197 g/mol. The lowest BCUT2D eigenvalue weighted by atomic mass is 9.81. The Kier molecular flexibility index (Phi) is 2.46. The van der Waals surface area contributed by atoms with Crippen molar-refractivity contribution in [2.24, 2.45) is 0 Å². The lowest BCUT2D eigenvalue weighted by molar-refractivity contribution is 0.0971. The molecule has 1 heterocycles. The van der Waals surface area contributed by atoms with Crippen molar-refractivity contribution in [2.45, 2.75) is 37.6 Å². The number of carbonyl (C=O) groups is 1. The van der Waals surface area contributed by atoms with E-state index in [4.69, 9.17) is 9.84 Å². The molecular formula is C10H15NO3. The molecule has 0 aromatic heterocycles. The summed E-state index contributed by atoms with van der Waals surface area (Å²) in [4.78, 5) is 10.5. The zero-order chi connectivity index (χ0) is 10.0. The normalized spacial score (nSPS) is 24.7. The third kappa shape index (κ3) is 1.62. The van der Waals surface area contributed by atoms with Crippen molar-refractivity contribution in [1.29, 1.82) is 0 Å². The van der Waals surface area contributed by atoms with E-state index in [9.17, 15) is 4.79 Å². The molecule has 0 aromatic rings. The molecule has 0 aromatic carbocycles. The number of ether oxygens (including phenoxy) is 1. The van der Waals surface area contributed by atoms with Crippen LogP contribution < -0.4 is 5.32 Å². The zero-order valence-corrected chi connectivity index (χ0v) is 8.08. The molecule has 1 saturated carbocycles. The standard InChI is InChI=1S/C10H15NO3/c12-9(13)14-8-4-7-11-10(8)5-2-1-3-6-10/h4,11H,1-3,5-7H2,(H,12,13). The van der Waals surface area contributed by atoms with E-state index in [2.05, 4.69) is 5.32 Å². The van der Waals surface area contributed by atoms with Crippen LogP contribution in [0.1, 0.15) is 32.1 Å². The second-order valence-electron chi connectivity index (χ2n) is 3.96. The monoisotopic (exact) mass is 197 g/mol. The summed E-state index contributed by atoms with van der Waals surface area (Å²) >= 11 is 0. The molecule has 14 heavy (non-hydrogen) atoms. The van der Waals surface area contributed by atoms with Gasteiger partial charge >= 0.3 is 6.16 Å². The Labute approximate surface area is 82.9 Å². The van der Waals surface area contributed by atoms with Crippen molar-refractivity contribution < 1.29 is 14.6 Å². The molecule has 1 fully saturated rings. The molecular weight excluding hydrogens is 182 g/mol. The molecule has 4 nitrogen and oxygen atoms in total. The summed E-state index contributed by atoms with van der Waals surface area (Å²) in [5, 5.41) is 11.9. The van der Waals surface area contributed by atoms with Crippen LogP contribution in [0.4, 0.5) is 4.79 Å². The van der Waals surface area contributed by atoms with Gasteiger partial charge in [0.05, 0.1) is 5.54 Å². The molecule has 1 spiro atoms. The first-order valence-electron chi connectivity index (χ1n) is 5.09. The maximum atomic E-state index is 10.5. The molecule has 78 valence electrons. The Balaban J connectivity index is 2.10. The highest BCUT2D eigenvalue weighted by Gasteiger charge is 2.40. The van der Waals surface area contributed by atoms with Crippen LogP contribution in [0.25, 0.3) is 0 Å². The molecule has 2 rings (SSSR count). The van der Waals surface area contributed by atoms with E-state index in [0.717, 1.165) is 32.2 Å². The highest BCUT2D eigenvalue weighted by molar-refractivity contribution is 5.59. The van der Waals surface area contributed by atoms with Gasteiger partial charge in [-0.3, -0.25) is 0 Å². The lowest BCUT2D eigenvalue weighted by Gasteiger charge is -2.34. The van der Waals surface area contributed by atoms with Gasteiger partial charge in [-0.15, -0.1) is 0 Å². The number of hydrogen-bond acceptors (Lipinski definition) is 3. The Morgan fingerprint density at radius 2 is 2.14 bits per heavy atom. The molecule has 1 aliphatic heterocycles. The predicted molar refractivity (Wildman–Crippen MR) is 51.0 cm³/mol. The fourth-order valence-electron chi connectivity index (χ4n) is 2.43. The minimum Gasteiger partial charge on any atom is -0.449 e. The van der Waals surface area contributed by atoms with Gasteiger partial charge in [0.15, 0.2) is 0 Å². The Hall–Kier alpha value is -1.03. The first-order valence-corrected chi connectivity index (χ1v) is 5.09. The summed E-state index contributed by atoms with van der Waals surface area (Å²) < 4.78 is 4.82. The first kappa shape index (κ1) is 9.52. The average Bonchev–Trinajstić information content (AvgIpc) is 2.50. The Bertz CT molecular complexity index is 267. The van der Waals surface area contributed by atoms with E-state index in [1.807, 2.05) is 6.08 Å². The molecule has 4 heteroatoms. The number of hydrogen-bond donors (Lipinski definition) is 2. The topological polar surface area (TPSA) is 58.6 Å². The van der Waals surface area contributed by atoms with E-state index in [1.165, 1.54) is 6.42 Å². The van der Waals surface area contributed by atoms with E-state index in [-0.39, 0.29) is 5.54 Å². The number of nitrogens with one attached hydrogen (secondary N) is 1. The number of rotatable bonds is 1. The highest BCUT2D eigenvalue weighted by atomic mass is 16.7. The first-order chi connectivity index (χ1) is 6.73. The molecule has 1 aliphatic carbocycles. The quantitative estimate of drug-likeness (QED) is 0.630. The van der Waals surface area contributed by atoms with Gasteiger partial charge in [0.25, 0.3) is 0 Å². The van der Waals surface area contributed by atoms with Crippen LogP contribution in [0.15, 0.2) is 11.8 Å². The van der Waals surface area contributed by atoms with Crippen LogP contribution in [-0.4, -0.2) is 23.3 Å². The van der Waals surface area contributed by atoms with Crippen molar-refractivity contribution in [1.82, 2.24) is 5.32 Å². The van der Waals surface area contributed by atoms with Crippen LogP contribution in [0.2, 0.25) is 0 Å². The van der Waals surface area contributed by atoms with Crippen molar-refractivity contribution in [3.8, 4) is 0 Å². The van der Waals surface area contributed by atoms with Crippen LogP contribution >= 0.6 is 0 Å². The zero-order valence-electron chi connectivity index (χ0n) is 8.08. The van der Waals surface area contributed by atoms with Gasteiger partial charge in [-0.05, 0) is 18.9 Å². The third-order valence-electron chi connectivity index (χ3n) is 3.10. The van der Waals surface area contributed by atoms with Crippen LogP contribution in [-0.2, 0) is 4.74 Å². The third-order valence-corrected chi connectivity index (χ3v) is 3.10. The van der Waals surface area contributed by atoms with Gasteiger partial charge in [0, 0.05) is 6.54 Å². The van der Waals surface area contributed by atoms with Gasteiger partial charge in [-0.2, -0.15) is 0 Å². The number of carboxylic acid groups (broad SMARTS) is 1. The minimum atomic E-state index is -1.20. The molecule has 0 radical (unpaired) electrons. The van der Waals surface area contributed by atoms with Gasteiger partial charge in [-0.25, -0.2) is 4.79 Å². The van der Waals surface area contributed by atoms with Crippen molar-refractivity contribution >= 4 is 6.16 Å². The summed E-state index contributed by atoms with van der Waals surface area (Å²) in [6, 6.07) is 0. The second kappa shape index (κ2) is 3.61. The predicted octanol–water partition coefficient (Wildman–Crippen LogP) is 1.87. The Morgan fingerprint density at radius 1 is 1.43 bits per heavy atom. The van der Waals surface area contributed by atoms with Crippen molar-refractivity contribution in [3.63, 3.8) is 0 Å². The smallest absolute Gasteiger partial charge is 0.449 e. The van der Waals surface area contributed by atoms with Crippen LogP contribution in [0.3, 0.4) is 0 Å². The largest absolute Gasteiger partial charge is 0.511 e. The molecule has 2 N–H and O–H groups in total. The molecule has 0 amide bonds. The molecule has 0 bridgehead atoms. The Morgan fingerprint density at radius 3 is 2.79 bits per heavy atom. The van der Waals surface area contributed by atoms with Gasteiger partial charge in [0.2, 0.25) is 0 Å². The maximum absolute atomic E-state index is 10.5. The fraction of sp³-hybridized carbons (Fsp3) is 0.700. The van der Waals surface area contributed by atoms with Crippen molar-refractivity contribution in [3.05, 3.63) is 11.8 Å². The second-order valence-corrected chi connectivity index (χ2v) is 3.96. The van der Waals surface area contributed by atoms with Gasteiger partial charge in [-0.1, -0.05) is 19.3 Å². The molecule has 2 aliphatic rings.